The molecular formula is C16H22BrFIN3O2. The van der Waals surface area contributed by atoms with Crippen molar-refractivity contribution in [2.45, 2.75) is 19.4 Å². The minimum atomic E-state index is -0.258. The lowest BCUT2D eigenvalue weighted by Gasteiger charge is -2.33. The predicted octanol–water partition coefficient (Wildman–Crippen LogP) is 3.17. The first-order valence-corrected chi connectivity index (χ1v) is 8.31. The Morgan fingerprint density at radius 3 is 2.67 bits per heavy atom. The van der Waals surface area contributed by atoms with Crippen LogP contribution in [0, 0.1) is 11.7 Å². The molecule has 1 fully saturated rings. The van der Waals surface area contributed by atoms with Crippen LogP contribution in [-0.2, 0) is 16.1 Å². The van der Waals surface area contributed by atoms with Crippen molar-refractivity contribution in [2.75, 3.05) is 27.2 Å². The van der Waals surface area contributed by atoms with Gasteiger partial charge in [0.25, 0.3) is 0 Å². The van der Waals surface area contributed by atoms with Crippen LogP contribution in [-0.4, -0.2) is 44.1 Å². The number of methoxy groups -OCH3 is 1. The molecule has 134 valence electrons. The first-order valence-electron chi connectivity index (χ1n) is 7.52. The van der Waals surface area contributed by atoms with Crippen molar-refractivity contribution in [3.8, 4) is 0 Å². The molecule has 1 N–H and O–H groups in total. The summed E-state index contributed by atoms with van der Waals surface area (Å²) in [4.78, 5) is 17.9. The Balaban J connectivity index is 0.00000288. The largest absolute Gasteiger partial charge is 0.469 e. The molecule has 0 aromatic heterocycles. The van der Waals surface area contributed by atoms with Crippen LogP contribution in [0.3, 0.4) is 0 Å². The van der Waals surface area contributed by atoms with E-state index in [9.17, 15) is 9.18 Å². The highest BCUT2D eigenvalue weighted by atomic mass is 127. The van der Waals surface area contributed by atoms with Crippen LogP contribution in [0.5, 0.6) is 0 Å². The normalized spacial score (nSPS) is 15.7. The third kappa shape index (κ3) is 5.58. The fourth-order valence-electron chi connectivity index (χ4n) is 2.67. The lowest BCUT2D eigenvalue weighted by molar-refractivity contribution is -0.146. The van der Waals surface area contributed by atoms with E-state index in [2.05, 4.69) is 31.1 Å². The maximum absolute atomic E-state index is 13.9. The second-order valence-electron chi connectivity index (χ2n) is 5.42. The molecule has 0 aliphatic carbocycles. The van der Waals surface area contributed by atoms with Gasteiger partial charge >= 0.3 is 5.97 Å². The number of guanidine groups is 1. The van der Waals surface area contributed by atoms with Crippen LogP contribution < -0.4 is 5.32 Å². The van der Waals surface area contributed by atoms with E-state index in [1.54, 1.807) is 13.1 Å². The average molecular weight is 514 g/mol. The fourth-order valence-corrected chi connectivity index (χ4v) is 3.00. The van der Waals surface area contributed by atoms with Crippen LogP contribution in [0.15, 0.2) is 27.7 Å². The van der Waals surface area contributed by atoms with Gasteiger partial charge in [0.05, 0.1) is 13.0 Å². The number of piperidine rings is 1. The number of hydrogen-bond acceptors (Lipinski definition) is 3. The van der Waals surface area contributed by atoms with E-state index in [4.69, 9.17) is 4.74 Å². The lowest BCUT2D eigenvalue weighted by Crippen LogP contribution is -2.46. The SMILES string of the molecule is CN=C(NCc1ccc(Br)cc1F)N1CCC(C(=O)OC)CC1.I. The summed E-state index contributed by atoms with van der Waals surface area (Å²) >= 11 is 3.25. The van der Waals surface area contributed by atoms with Crippen molar-refractivity contribution in [1.82, 2.24) is 10.2 Å². The molecule has 1 aromatic rings. The van der Waals surface area contributed by atoms with Crippen molar-refractivity contribution in [3.63, 3.8) is 0 Å². The Labute approximate surface area is 167 Å². The third-order valence-electron chi connectivity index (χ3n) is 3.99. The number of halogens is 3. The van der Waals surface area contributed by atoms with Gasteiger partial charge in [-0.1, -0.05) is 22.0 Å². The number of benzene rings is 1. The number of likely N-dealkylation sites (tertiary alicyclic amines) is 1. The van der Waals surface area contributed by atoms with Gasteiger partial charge in [0.1, 0.15) is 5.82 Å². The minimum absolute atomic E-state index is 0. The number of rotatable bonds is 3. The van der Waals surface area contributed by atoms with E-state index in [0.717, 1.165) is 31.9 Å². The molecule has 0 amide bonds. The molecule has 1 aliphatic heterocycles. The summed E-state index contributed by atoms with van der Waals surface area (Å²) in [7, 11) is 3.12. The van der Waals surface area contributed by atoms with Gasteiger partial charge in [-0.15, -0.1) is 24.0 Å². The summed E-state index contributed by atoms with van der Waals surface area (Å²) in [5.74, 6) is 0.269. The van der Waals surface area contributed by atoms with Gasteiger partial charge in [0.2, 0.25) is 0 Å². The van der Waals surface area contributed by atoms with Gasteiger partial charge in [-0.2, -0.15) is 0 Å². The standard InChI is InChI=1S/C16H21BrFN3O2.HI/c1-19-16(20-10-12-3-4-13(17)9-14(12)18)21-7-5-11(6-8-21)15(22)23-2;/h3-4,9,11H,5-8,10H2,1-2H3,(H,19,20);1H. The summed E-state index contributed by atoms with van der Waals surface area (Å²) in [6.45, 7) is 1.81. The number of hydrogen-bond donors (Lipinski definition) is 1. The summed E-state index contributed by atoms with van der Waals surface area (Å²) < 4.78 is 19.4. The number of esters is 1. The van der Waals surface area contributed by atoms with E-state index in [1.165, 1.54) is 13.2 Å². The van der Waals surface area contributed by atoms with E-state index in [0.29, 0.717) is 16.6 Å². The molecule has 0 bridgehead atoms. The van der Waals surface area contributed by atoms with Crippen molar-refractivity contribution in [1.29, 1.82) is 0 Å². The summed E-state index contributed by atoms with van der Waals surface area (Å²) in [6, 6.07) is 5.00. The van der Waals surface area contributed by atoms with E-state index >= 15 is 0 Å². The number of nitrogens with one attached hydrogen (secondary N) is 1. The van der Waals surface area contributed by atoms with Gasteiger partial charge in [0, 0.05) is 36.7 Å². The molecule has 1 aromatic carbocycles. The molecule has 5 nitrogen and oxygen atoms in total. The zero-order valence-corrected chi connectivity index (χ0v) is 17.6. The maximum atomic E-state index is 13.9. The first-order chi connectivity index (χ1) is 11.0. The number of ether oxygens (including phenoxy) is 1. The second-order valence-corrected chi connectivity index (χ2v) is 6.34. The second kappa shape index (κ2) is 10.2. The third-order valence-corrected chi connectivity index (χ3v) is 4.49. The molecule has 24 heavy (non-hydrogen) atoms. The summed E-state index contributed by atoms with van der Waals surface area (Å²) in [5, 5.41) is 3.18. The van der Waals surface area contributed by atoms with Gasteiger partial charge < -0.3 is 15.0 Å². The molecule has 0 atom stereocenters. The van der Waals surface area contributed by atoms with Crippen LogP contribution in [0.1, 0.15) is 18.4 Å². The van der Waals surface area contributed by atoms with Crippen molar-refractivity contribution < 1.29 is 13.9 Å². The quantitative estimate of drug-likeness (QED) is 0.292. The van der Waals surface area contributed by atoms with Gasteiger partial charge in [0.15, 0.2) is 5.96 Å². The highest BCUT2D eigenvalue weighted by molar-refractivity contribution is 14.0. The number of nitrogens with zero attached hydrogens (tertiary/aromatic N) is 2. The fraction of sp³-hybridized carbons (Fsp3) is 0.500. The topological polar surface area (TPSA) is 53.9 Å². The summed E-state index contributed by atoms with van der Waals surface area (Å²) in [6.07, 6.45) is 1.47. The molecule has 0 unspecified atom stereocenters. The van der Waals surface area contributed by atoms with Crippen LogP contribution in [0.2, 0.25) is 0 Å². The molecule has 0 radical (unpaired) electrons. The predicted molar refractivity (Wildman–Crippen MR) is 106 cm³/mol. The van der Waals surface area contributed by atoms with E-state index in [1.807, 2.05) is 6.07 Å². The molecule has 8 heteroatoms. The molecule has 2 rings (SSSR count). The Morgan fingerprint density at radius 2 is 2.12 bits per heavy atom. The Morgan fingerprint density at radius 1 is 1.46 bits per heavy atom. The van der Waals surface area contributed by atoms with Gasteiger partial charge in [-0.25, -0.2) is 4.39 Å². The number of carbonyl (C=O) groups excluding carboxylic acids is 1. The number of carbonyl (C=O) groups is 1. The molecule has 1 saturated heterocycles. The molecule has 0 saturated carbocycles. The van der Waals surface area contributed by atoms with Gasteiger partial charge in [-0.05, 0) is 25.0 Å². The monoisotopic (exact) mass is 513 g/mol. The van der Waals surface area contributed by atoms with Crippen LogP contribution >= 0.6 is 39.9 Å². The minimum Gasteiger partial charge on any atom is -0.469 e. The highest BCUT2D eigenvalue weighted by Gasteiger charge is 2.26. The maximum Gasteiger partial charge on any atom is 0.308 e. The van der Waals surface area contributed by atoms with E-state index < -0.39 is 0 Å². The molecule has 1 heterocycles. The van der Waals surface area contributed by atoms with E-state index in [-0.39, 0.29) is 41.7 Å². The van der Waals surface area contributed by atoms with Crippen molar-refractivity contribution >= 4 is 51.8 Å². The summed E-state index contributed by atoms with van der Waals surface area (Å²) in [5.41, 5.74) is 0.582. The average Bonchev–Trinajstić information content (AvgIpc) is 2.57. The highest BCUT2D eigenvalue weighted by Crippen LogP contribution is 2.19. The first kappa shape index (κ1) is 21.1. The smallest absolute Gasteiger partial charge is 0.308 e. The zero-order chi connectivity index (χ0) is 16.8. The Kier molecular flexibility index (Phi) is 8.96. The lowest BCUT2D eigenvalue weighted by atomic mass is 9.97. The van der Waals surface area contributed by atoms with Crippen molar-refractivity contribution in [2.24, 2.45) is 10.9 Å². The number of aliphatic imine (C=N–C) groups is 1. The van der Waals surface area contributed by atoms with Crippen LogP contribution in [0.4, 0.5) is 4.39 Å². The molecule has 0 spiro atoms. The Hall–Kier alpha value is -0.900. The van der Waals surface area contributed by atoms with Gasteiger partial charge in [-0.3, -0.25) is 9.79 Å². The molecule has 1 aliphatic rings. The zero-order valence-electron chi connectivity index (χ0n) is 13.7. The van der Waals surface area contributed by atoms with Crippen molar-refractivity contribution in [3.05, 3.63) is 34.1 Å². The Bertz CT molecular complexity index is 593. The van der Waals surface area contributed by atoms with Crippen LogP contribution in [0.25, 0.3) is 0 Å². The molecular weight excluding hydrogens is 492 g/mol.